The van der Waals surface area contributed by atoms with Crippen molar-refractivity contribution in [1.82, 2.24) is 0 Å². The number of hydrogen-bond donors (Lipinski definition) is 0. The predicted octanol–water partition coefficient (Wildman–Crippen LogP) is 12.3. The van der Waals surface area contributed by atoms with Crippen molar-refractivity contribution < 1.29 is 9.47 Å². The highest BCUT2D eigenvalue weighted by atomic mass is 31.1. The Morgan fingerprint density at radius 3 is 0.952 bits per heavy atom. The highest BCUT2D eigenvalue weighted by Gasteiger charge is 2.24. The first-order valence-electron chi connectivity index (χ1n) is 21.1. The van der Waals surface area contributed by atoms with Crippen molar-refractivity contribution in [3.8, 4) is 22.6 Å². The van der Waals surface area contributed by atoms with Crippen LogP contribution in [0.5, 0.6) is 11.5 Å². The normalized spacial score (nSPS) is 11.3. The van der Waals surface area contributed by atoms with Crippen LogP contribution in [0.25, 0.3) is 32.7 Å². The maximum Gasteiger partial charge on any atom is 0.128 e. The number of benzene rings is 10. The van der Waals surface area contributed by atoms with E-state index in [-0.39, 0.29) is 0 Å². The van der Waals surface area contributed by atoms with Crippen LogP contribution in [0.4, 0.5) is 0 Å². The summed E-state index contributed by atoms with van der Waals surface area (Å²) in [4.78, 5) is 0. The van der Waals surface area contributed by atoms with E-state index < -0.39 is 15.8 Å². The second-order valence-corrected chi connectivity index (χ2v) is 19.5. The second kappa shape index (κ2) is 18.4. The Hall–Kier alpha value is -6.82. The minimum atomic E-state index is -0.819. The molecule has 0 N–H and O–H groups in total. The Bertz CT molecular complexity index is 2790. The molecule has 0 aliphatic rings. The summed E-state index contributed by atoms with van der Waals surface area (Å²) in [7, 11) is -1.64. The van der Waals surface area contributed by atoms with E-state index in [0.29, 0.717) is 13.2 Å². The van der Waals surface area contributed by atoms with E-state index in [2.05, 4.69) is 243 Å². The molecule has 0 aliphatic carbocycles. The van der Waals surface area contributed by atoms with Gasteiger partial charge in [-0.2, -0.15) is 0 Å². The number of fused-ring (bicyclic) bond motifs is 2. The van der Waals surface area contributed by atoms with Crippen molar-refractivity contribution in [1.29, 1.82) is 0 Å². The third kappa shape index (κ3) is 8.16. The van der Waals surface area contributed by atoms with Gasteiger partial charge in [0.25, 0.3) is 0 Å². The Morgan fingerprint density at radius 1 is 0.274 bits per heavy atom. The molecule has 0 atom stereocenters. The molecule has 0 saturated carbocycles. The van der Waals surface area contributed by atoms with Crippen LogP contribution in [0.1, 0.15) is 11.1 Å². The van der Waals surface area contributed by atoms with Crippen molar-refractivity contribution >= 4 is 69.2 Å². The van der Waals surface area contributed by atoms with Crippen LogP contribution >= 0.6 is 15.8 Å². The summed E-state index contributed by atoms with van der Waals surface area (Å²) in [5.41, 5.74) is 4.41. The van der Waals surface area contributed by atoms with Crippen molar-refractivity contribution in [2.45, 2.75) is 13.2 Å². The molecule has 10 aromatic rings. The van der Waals surface area contributed by atoms with E-state index in [1.54, 1.807) is 0 Å². The van der Waals surface area contributed by atoms with E-state index in [0.717, 1.165) is 44.2 Å². The van der Waals surface area contributed by atoms with Gasteiger partial charge in [0.05, 0.1) is 0 Å². The minimum absolute atomic E-state index is 0.414. The van der Waals surface area contributed by atoms with Gasteiger partial charge in [0.2, 0.25) is 0 Å². The third-order valence-electron chi connectivity index (χ3n) is 11.3. The van der Waals surface area contributed by atoms with Crippen molar-refractivity contribution in [3.05, 3.63) is 254 Å². The zero-order valence-corrected chi connectivity index (χ0v) is 36.0. The van der Waals surface area contributed by atoms with Crippen LogP contribution in [-0.4, -0.2) is 0 Å². The highest BCUT2D eigenvalue weighted by Crippen LogP contribution is 2.46. The molecule has 10 rings (SSSR count). The summed E-state index contributed by atoms with van der Waals surface area (Å²) in [6.07, 6.45) is 0. The minimum Gasteiger partial charge on any atom is -0.488 e. The van der Waals surface area contributed by atoms with Gasteiger partial charge in [-0.15, -0.1) is 0 Å². The van der Waals surface area contributed by atoms with Gasteiger partial charge in [-0.1, -0.05) is 231 Å². The molecule has 4 heteroatoms. The van der Waals surface area contributed by atoms with Crippen LogP contribution in [0.3, 0.4) is 0 Å². The van der Waals surface area contributed by atoms with Gasteiger partial charge >= 0.3 is 0 Å². The second-order valence-electron chi connectivity index (χ2n) is 15.2. The first-order chi connectivity index (χ1) is 30.8. The van der Waals surface area contributed by atoms with Gasteiger partial charge in [0, 0.05) is 11.1 Å². The maximum absolute atomic E-state index is 7.12. The fraction of sp³-hybridized carbons (Fsp3) is 0.0345. The SMILES string of the molecule is c1ccc(P(c2ccccc2)c2ccccc2COc2ccc3ccccc3c2-c2c(OCc3ccccc3P(c3ccccc3)c3ccccc3)ccc3ccccc23)cc1. The summed E-state index contributed by atoms with van der Waals surface area (Å²) < 4.78 is 14.2. The lowest BCUT2D eigenvalue weighted by molar-refractivity contribution is 0.304. The van der Waals surface area contributed by atoms with Gasteiger partial charge in [-0.05, 0) is 92.5 Å². The summed E-state index contributed by atoms with van der Waals surface area (Å²) >= 11 is 0. The molecule has 0 heterocycles. The standard InChI is InChI=1S/C58H44O2P2/c1-5-25-47(26-6-1)61(48-27-7-2-8-28-48)55-35-19-15-23-45(55)41-59-53-39-37-43-21-13-17-33-51(43)57(53)58-52-34-18-14-22-44(52)38-40-54(58)60-42-46-24-16-20-36-56(46)62(49-29-9-3-10-30-49)50-31-11-4-12-32-50/h1-40H,41-42H2. The lowest BCUT2D eigenvalue weighted by atomic mass is 9.92. The molecule has 0 aromatic heterocycles. The van der Waals surface area contributed by atoms with Crippen LogP contribution in [0.15, 0.2) is 243 Å². The first-order valence-corrected chi connectivity index (χ1v) is 23.7. The number of ether oxygens (including phenoxy) is 2. The van der Waals surface area contributed by atoms with Crippen LogP contribution in [-0.2, 0) is 13.2 Å². The van der Waals surface area contributed by atoms with E-state index in [1.165, 1.54) is 43.0 Å². The third-order valence-corrected chi connectivity index (χ3v) is 16.4. The zero-order chi connectivity index (χ0) is 41.5. The molecule has 0 saturated heterocycles. The largest absolute Gasteiger partial charge is 0.488 e. The van der Waals surface area contributed by atoms with Crippen LogP contribution in [0.2, 0.25) is 0 Å². The summed E-state index contributed by atoms with van der Waals surface area (Å²) in [6.45, 7) is 0.827. The molecule has 10 aromatic carbocycles. The smallest absolute Gasteiger partial charge is 0.128 e. The van der Waals surface area contributed by atoms with Crippen molar-refractivity contribution in [2.75, 3.05) is 0 Å². The fourth-order valence-electron chi connectivity index (χ4n) is 8.44. The zero-order valence-electron chi connectivity index (χ0n) is 34.2. The molecule has 0 amide bonds. The lowest BCUT2D eigenvalue weighted by Gasteiger charge is -2.24. The topological polar surface area (TPSA) is 18.5 Å². The van der Waals surface area contributed by atoms with Gasteiger partial charge in [-0.25, -0.2) is 0 Å². The molecule has 298 valence electrons. The Kier molecular flexibility index (Phi) is 11.7. The molecule has 2 nitrogen and oxygen atoms in total. The van der Waals surface area contributed by atoms with E-state index in [4.69, 9.17) is 9.47 Å². The van der Waals surface area contributed by atoms with Crippen molar-refractivity contribution in [3.63, 3.8) is 0 Å². The van der Waals surface area contributed by atoms with E-state index in [9.17, 15) is 0 Å². The molecule has 0 spiro atoms. The fourth-order valence-corrected chi connectivity index (χ4v) is 13.3. The molecular weight excluding hydrogens is 791 g/mol. The molecule has 0 aliphatic heterocycles. The average Bonchev–Trinajstić information content (AvgIpc) is 3.34. The first kappa shape index (κ1) is 39.3. The van der Waals surface area contributed by atoms with Gasteiger partial charge in [0.15, 0.2) is 0 Å². The predicted molar refractivity (Wildman–Crippen MR) is 266 cm³/mol. The van der Waals surface area contributed by atoms with Gasteiger partial charge < -0.3 is 9.47 Å². The molecule has 0 unspecified atom stereocenters. The molecular formula is C58H44O2P2. The van der Waals surface area contributed by atoms with Crippen LogP contribution < -0.4 is 41.3 Å². The van der Waals surface area contributed by atoms with E-state index in [1.807, 2.05) is 0 Å². The maximum atomic E-state index is 7.12. The van der Waals surface area contributed by atoms with Gasteiger partial charge in [-0.3, -0.25) is 0 Å². The Labute approximate surface area is 366 Å². The number of hydrogen-bond acceptors (Lipinski definition) is 2. The number of rotatable bonds is 13. The summed E-state index contributed by atoms with van der Waals surface area (Å²) in [6, 6.07) is 87.0. The molecule has 0 bridgehead atoms. The Morgan fingerprint density at radius 2 is 0.581 bits per heavy atom. The lowest BCUT2D eigenvalue weighted by Crippen LogP contribution is -2.24. The molecule has 0 radical (unpaired) electrons. The Balaban J connectivity index is 1.07. The highest BCUT2D eigenvalue weighted by molar-refractivity contribution is 7.80. The van der Waals surface area contributed by atoms with E-state index >= 15 is 0 Å². The summed E-state index contributed by atoms with van der Waals surface area (Å²) in [5, 5.41) is 12.4. The average molecular weight is 835 g/mol. The van der Waals surface area contributed by atoms with Crippen LogP contribution in [0, 0.1) is 0 Å². The molecule has 62 heavy (non-hydrogen) atoms. The monoisotopic (exact) mass is 834 g/mol. The summed E-state index contributed by atoms with van der Waals surface area (Å²) in [5.74, 6) is 1.64. The molecule has 0 fully saturated rings. The van der Waals surface area contributed by atoms with Gasteiger partial charge in [0.1, 0.15) is 24.7 Å². The quantitative estimate of drug-likeness (QED) is 0.108. The van der Waals surface area contributed by atoms with Crippen molar-refractivity contribution in [2.24, 2.45) is 0 Å².